The molecule has 0 bridgehead atoms. The molecule has 0 aromatic carbocycles. The first-order chi connectivity index (χ1) is 26.7. The van der Waals surface area contributed by atoms with Crippen molar-refractivity contribution >= 4 is 5.91 Å². The third kappa shape index (κ3) is 40.5. The lowest BCUT2D eigenvalue weighted by Crippen LogP contribution is -2.45. The van der Waals surface area contributed by atoms with Crippen LogP contribution in [0.5, 0.6) is 0 Å². The third-order valence-electron chi connectivity index (χ3n) is 9.55. The van der Waals surface area contributed by atoms with Crippen molar-refractivity contribution < 1.29 is 15.0 Å². The molecule has 0 saturated carbocycles. The average Bonchev–Trinajstić information content (AvgIpc) is 3.17. The fourth-order valence-corrected chi connectivity index (χ4v) is 6.16. The molecule has 0 fully saturated rings. The molecule has 3 N–H and O–H groups in total. The van der Waals surface area contributed by atoms with Crippen LogP contribution >= 0.6 is 0 Å². The SMILES string of the molecule is CC/C=C\C/C=C\C/C=C\C/C=C\C/C=C\C/C=C\C/C=C\CCCCCCCCCCCCCCCCCCCC(=O)NC(CO)C(O)/C=C/CCC. The molecule has 0 aliphatic heterocycles. The summed E-state index contributed by atoms with van der Waals surface area (Å²) in [6.07, 6.45) is 67.5. The molecule has 0 heterocycles. The van der Waals surface area contributed by atoms with Crippen LogP contribution in [0.2, 0.25) is 0 Å². The molecule has 0 spiro atoms. The summed E-state index contributed by atoms with van der Waals surface area (Å²) in [7, 11) is 0. The lowest BCUT2D eigenvalue weighted by Gasteiger charge is -2.19. The Morgan fingerprint density at radius 2 is 0.815 bits per heavy atom. The summed E-state index contributed by atoms with van der Waals surface area (Å²) in [4.78, 5) is 12.2. The van der Waals surface area contributed by atoms with Gasteiger partial charge >= 0.3 is 0 Å². The van der Waals surface area contributed by atoms with E-state index in [0.29, 0.717) is 6.42 Å². The number of carbonyl (C=O) groups is 1. The van der Waals surface area contributed by atoms with Crippen LogP contribution in [-0.2, 0) is 4.79 Å². The van der Waals surface area contributed by atoms with Gasteiger partial charge in [-0.25, -0.2) is 0 Å². The van der Waals surface area contributed by atoms with Crippen molar-refractivity contribution in [2.45, 2.75) is 206 Å². The standard InChI is InChI=1S/C50H85NO3/c1-3-5-7-8-9-10-11-12-13-14-15-16-17-18-19-20-21-22-23-24-25-26-27-28-29-30-31-32-33-34-35-36-37-38-39-40-41-42-44-46-50(54)51-48(47-52)49(53)45-43-6-4-2/h5,7,9-10,12-13,15-16,18-19,21-22,24-25,43,45,48-49,52-53H,3-4,6,8,11,14,17,20,23,26-42,44,46-47H2,1-2H3,(H,51,54)/b7-5-,10-9-,13-12-,16-15-,19-18-,22-21-,25-24-,45-43+. The van der Waals surface area contributed by atoms with Crippen molar-refractivity contribution in [2.24, 2.45) is 0 Å². The van der Waals surface area contributed by atoms with Gasteiger partial charge in [-0.2, -0.15) is 0 Å². The average molecular weight is 748 g/mol. The molecule has 0 radical (unpaired) electrons. The molecule has 0 aromatic heterocycles. The van der Waals surface area contributed by atoms with Crippen LogP contribution < -0.4 is 5.32 Å². The van der Waals surface area contributed by atoms with E-state index in [1.807, 2.05) is 6.08 Å². The number of hydrogen-bond donors (Lipinski definition) is 3. The summed E-state index contributed by atoms with van der Waals surface area (Å²) in [5.41, 5.74) is 0. The van der Waals surface area contributed by atoms with Gasteiger partial charge in [-0.15, -0.1) is 0 Å². The molecule has 0 aliphatic rings. The normalized spacial score (nSPS) is 13.9. The number of rotatable bonds is 39. The van der Waals surface area contributed by atoms with Crippen LogP contribution in [0, 0.1) is 0 Å². The van der Waals surface area contributed by atoms with E-state index in [1.165, 1.54) is 103 Å². The highest BCUT2D eigenvalue weighted by Gasteiger charge is 2.17. The van der Waals surface area contributed by atoms with Gasteiger partial charge in [-0.05, 0) is 70.6 Å². The Morgan fingerprint density at radius 1 is 0.463 bits per heavy atom. The van der Waals surface area contributed by atoms with E-state index in [1.54, 1.807) is 6.08 Å². The number of amides is 1. The van der Waals surface area contributed by atoms with Crippen LogP contribution in [0.1, 0.15) is 194 Å². The fraction of sp³-hybridized carbons (Fsp3) is 0.660. The number of allylic oxidation sites excluding steroid dienone is 15. The van der Waals surface area contributed by atoms with Gasteiger partial charge in [0.2, 0.25) is 5.91 Å². The molecule has 308 valence electrons. The maximum atomic E-state index is 12.2. The second kappa shape index (κ2) is 44.7. The quantitative estimate of drug-likeness (QED) is 0.0433. The zero-order chi connectivity index (χ0) is 39.3. The predicted molar refractivity (Wildman–Crippen MR) is 239 cm³/mol. The molecule has 0 rings (SSSR count). The summed E-state index contributed by atoms with van der Waals surface area (Å²) in [6, 6.07) is -0.620. The smallest absolute Gasteiger partial charge is 0.220 e. The second-order valence-electron chi connectivity index (χ2n) is 14.7. The first-order valence-corrected chi connectivity index (χ1v) is 22.5. The van der Waals surface area contributed by atoms with E-state index >= 15 is 0 Å². The monoisotopic (exact) mass is 748 g/mol. The first-order valence-electron chi connectivity index (χ1n) is 22.5. The molecular formula is C50H85NO3. The summed E-state index contributed by atoms with van der Waals surface area (Å²) < 4.78 is 0. The largest absolute Gasteiger partial charge is 0.394 e. The van der Waals surface area contributed by atoms with Gasteiger partial charge in [0.05, 0.1) is 18.8 Å². The lowest BCUT2D eigenvalue weighted by atomic mass is 10.0. The van der Waals surface area contributed by atoms with Gasteiger partial charge in [0, 0.05) is 6.42 Å². The van der Waals surface area contributed by atoms with Crippen molar-refractivity contribution in [2.75, 3.05) is 6.61 Å². The Hall–Kier alpha value is -2.69. The number of aliphatic hydroxyl groups excluding tert-OH is 2. The van der Waals surface area contributed by atoms with E-state index in [2.05, 4.69) is 104 Å². The Bertz CT molecular complexity index is 1030. The maximum Gasteiger partial charge on any atom is 0.220 e. The number of nitrogens with one attached hydrogen (secondary N) is 1. The van der Waals surface area contributed by atoms with Crippen molar-refractivity contribution in [1.29, 1.82) is 0 Å². The third-order valence-corrected chi connectivity index (χ3v) is 9.55. The Kier molecular flexibility index (Phi) is 42.5. The zero-order valence-corrected chi connectivity index (χ0v) is 35.2. The van der Waals surface area contributed by atoms with Crippen LogP contribution in [0.3, 0.4) is 0 Å². The molecule has 54 heavy (non-hydrogen) atoms. The van der Waals surface area contributed by atoms with Crippen molar-refractivity contribution in [3.8, 4) is 0 Å². The highest BCUT2D eigenvalue weighted by Crippen LogP contribution is 2.15. The van der Waals surface area contributed by atoms with Crippen LogP contribution in [0.4, 0.5) is 0 Å². The summed E-state index contributed by atoms with van der Waals surface area (Å²) in [5.74, 6) is -0.0793. The van der Waals surface area contributed by atoms with E-state index in [0.717, 1.165) is 70.6 Å². The molecule has 4 nitrogen and oxygen atoms in total. The molecule has 1 amide bonds. The van der Waals surface area contributed by atoms with Crippen LogP contribution in [-0.4, -0.2) is 34.9 Å². The number of unbranched alkanes of at least 4 members (excludes halogenated alkanes) is 18. The van der Waals surface area contributed by atoms with Crippen LogP contribution in [0.25, 0.3) is 0 Å². The molecule has 2 unspecified atom stereocenters. The van der Waals surface area contributed by atoms with Crippen molar-refractivity contribution in [3.63, 3.8) is 0 Å². The van der Waals surface area contributed by atoms with Gasteiger partial charge in [0.1, 0.15) is 0 Å². The van der Waals surface area contributed by atoms with E-state index < -0.39 is 12.1 Å². The summed E-state index contributed by atoms with van der Waals surface area (Å²) >= 11 is 0. The molecular weight excluding hydrogens is 663 g/mol. The van der Waals surface area contributed by atoms with Gasteiger partial charge in [0.25, 0.3) is 0 Å². The summed E-state index contributed by atoms with van der Waals surface area (Å²) in [5, 5.41) is 22.4. The highest BCUT2D eigenvalue weighted by atomic mass is 16.3. The molecule has 0 aromatic rings. The summed E-state index contributed by atoms with van der Waals surface area (Å²) in [6.45, 7) is 3.99. The van der Waals surface area contributed by atoms with E-state index in [-0.39, 0.29) is 12.5 Å². The Morgan fingerprint density at radius 3 is 1.19 bits per heavy atom. The van der Waals surface area contributed by atoms with Crippen molar-refractivity contribution in [3.05, 3.63) is 97.2 Å². The van der Waals surface area contributed by atoms with Gasteiger partial charge in [-0.1, -0.05) is 214 Å². The fourth-order valence-electron chi connectivity index (χ4n) is 6.16. The minimum absolute atomic E-state index is 0.0793. The van der Waals surface area contributed by atoms with Crippen LogP contribution in [0.15, 0.2) is 97.2 Å². The maximum absolute atomic E-state index is 12.2. The van der Waals surface area contributed by atoms with E-state index in [4.69, 9.17) is 0 Å². The minimum atomic E-state index is -0.837. The highest BCUT2D eigenvalue weighted by molar-refractivity contribution is 5.76. The second-order valence-corrected chi connectivity index (χ2v) is 14.7. The minimum Gasteiger partial charge on any atom is -0.394 e. The number of aliphatic hydroxyl groups is 2. The number of carbonyl (C=O) groups excluding carboxylic acids is 1. The first kappa shape index (κ1) is 51.3. The molecule has 0 saturated heterocycles. The van der Waals surface area contributed by atoms with Crippen molar-refractivity contribution in [1.82, 2.24) is 5.32 Å². The molecule has 2 atom stereocenters. The van der Waals surface area contributed by atoms with Gasteiger partial charge in [0.15, 0.2) is 0 Å². The van der Waals surface area contributed by atoms with E-state index in [9.17, 15) is 15.0 Å². The lowest BCUT2D eigenvalue weighted by molar-refractivity contribution is -0.123. The molecule has 0 aliphatic carbocycles. The molecule has 4 heteroatoms. The van der Waals surface area contributed by atoms with Gasteiger partial charge < -0.3 is 15.5 Å². The van der Waals surface area contributed by atoms with Gasteiger partial charge in [-0.3, -0.25) is 4.79 Å². The number of hydrogen-bond acceptors (Lipinski definition) is 3. The zero-order valence-electron chi connectivity index (χ0n) is 35.2. The Labute approximate surface area is 334 Å². The topological polar surface area (TPSA) is 69.6 Å². The predicted octanol–water partition coefficient (Wildman–Crippen LogP) is 14.2. The Balaban J connectivity index is 3.43.